The number of amides is 1. The zero-order valence-electron chi connectivity index (χ0n) is 13.8. The van der Waals surface area contributed by atoms with Crippen LogP contribution in [0.3, 0.4) is 0 Å². The van der Waals surface area contributed by atoms with Crippen molar-refractivity contribution in [3.05, 3.63) is 70.8 Å². The van der Waals surface area contributed by atoms with E-state index in [0.29, 0.717) is 23.6 Å². The fraction of sp³-hybridized carbons (Fsp3) is 0.278. The highest BCUT2D eigenvalue weighted by Gasteiger charge is 2.10. The van der Waals surface area contributed by atoms with Crippen LogP contribution in [0.15, 0.2) is 48.5 Å². The molecule has 0 aliphatic heterocycles. The minimum absolute atomic E-state index is 0.249. The summed E-state index contributed by atoms with van der Waals surface area (Å²) in [5.74, 6) is -0.110. The van der Waals surface area contributed by atoms with Crippen LogP contribution in [0.5, 0.6) is 0 Å². The van der Waals surface area contributed by atoms with Gasteiger partial charge in [0.05, 0.1) is 5.75 Å². The Hall–Kier alpha value is -2.18. The molecule has 0 bridgehead atoms. The maximum Gasteiger partial charge on any atom is 0.251 e. The van der Waals surface area contributed by atoms with Crippen molar-refractivity contribution in [2.24, 2.45) is 5.14 Å². The van der Waals surface area contributed by atoms with Gasteiger partial charge in [-0.25, -0.2) is 13.6 Å². The molecule has 0 atom stereocenters. The van der Waals surface area contributed by atoms with Crippen LogP contribution < -0.4 is 10.5 Å². The van der Waals surface area contributed by atoms with Gasteiger partial charge in [-0.3, -0.25) is 4.79 Å². The summed E-state index contributed by atoms with van der Waals surface area (Å²) in [6, 6.07) is 14.5. The first-order chi connectivity index (χ1) is 11.2. The number of nitrogens with one attached hydrogen (secondary N) is 1. The number of carbonyl (C=O) groups excluding carboxylic acids is 1. The number of sulfonamides is 1. The van der Waals surface area contributed by atoms with Crippen LogP contribution >= 0.6 is 0 Å². The second kappa shape index (κ2) is 7.59. The van der Waals surface area contributed by atoms with E-state index in [4.69, 9.17) is 5.14 Å². The average molecular weight is 346 g/mol. The van der Waals surface area contributed by atoms with Crippen LogP contribution in [0.2, 0.25) is 0 Å². The molecule has 0 fully saturated rings. The van der Waals surface area contributed by atoms with Crippen LogP contribution in [0.25, 0.3) is 0 Å². The standard InChI is InChI=1S/C18H22N2O3S/c1-13(2)16-7-3-5-14(9-16)11-20-18(21)17-8-4-6-15(10-17)12-24(19,22)23/h3-10,13H,11-12H2,1-2H3,(H,20,21)(H2,19,22,23). The van der Waals surface area contributed by atoms with Crippen LogP contribution in [-0.4, -0.2) is 14.3 Å². The first kappa shape index (κ1) is 18.2. The molecule has 5 nitrogen and oxygen atoms in total. The molecule has 0 unspecified atom stereocenters. The van der Waals surface area contributed by atoms with E-state index in [-0.39, 0.29) is 11.7 Å². The molecule has 2 aromatic rings. The quantitative estimate of drug-likeness (QED) is 0.842. The molecule has 0 saturated heterocycles. The minimum atomic E-state index is -3.62. The molecule has 0 aromatic heterocycles. The summed E-state index contributed by atoms with van der Waals surface area (Å²) >= 11 is 0. The number of primary sulfonamides is 1. The zero-order chi connectivity index (χ0) is 17.7. The van der Waals surface area contributed by atoms with Crippen LogP contribution in [0, 0.1) is 0 Å². The molecular formula is C18H22N2O3S. The Labute approximate surface area is 142 Å². The van der Waals surface area contributed by atoms with E-state index >= 15 is 0 Å². The van der Waals surface area contributed by atoms with Gasteiger partial charge in [0.2, 0.25) is 10.0 Å². The molecule has 2 rings (SSSR count). The Bertz CT molecular complexity index is 830. The molecule has 24 heavy (non-hydrogen) atoms. The molecule has 128 valence electrons. The van der Waals surface area contributed by atoms with E-state index in [0.717, 1.165) is 5.56 Å². The lowest BCUT2D eigenvalue weighted by atomic mass is 10.0. The van der Waals surface area contributed by atoms with Crippen LogP contribution in [0.4, 0.5) is 0 Å². The second-order valence-corrected chi connectivity index (χ2v) is 7.70. The first-order valence-corrected chi connectivity index (χ1v) is 9.42. The van der Waals surface area contributed by atoms with Gasteiger partial charge in [0.25, 0.3) is 5.91 Å². The summed E-state index contributed by atoms with van der Waals surface area (Å²) in [6.07, 6.45) is 0. The number of carbonyl (C=O) groups is 1. The van der Waals surface area contributed by atoms with Gasteiger partial charge >= 0.3 is 0 Å². The van der Waals surface area contributed by atoms with E-state index in [1.54, 1.807) is 24.3 Å². The Morgan fingerprint density at radius 1 is 1.08 bits per heavy atom. The number of hydrogen-bond donors (Lipinski definition) is 2. The van der Waals surface area contributed by atoms with Gasteiger partial charge in [-0.15, -0.1) is 0 Å². The molecule has 3 N–H and O–H groups in total. The van der Waals surface area contributed by atoms with Crippen molar-refractivity contribution in [2.75, 3.05) is 0 Å². The van der Waals surface area contributed by atoms with Gasteiger partial charge in [-0.05, 0) is 34.7 Å². The zero-order valence-corrected chi connectivity index (χ0v) is 14.6. The summed E-state index contributed by atoms with van der Waals surface area (Å²) < 4.78 is 22.3. The third-order valence-electron chi connectivity index (χ3n) is 3.63. The Morgan fingerprint density at radius 2 is 1.75 bits per heavy atom. The Morgan fingerprint density at radius 3 is 2.42 bits per heavy atom. The predicted molar refractivity (Wildman–Crippen MR) is 95.0 cm³/mol. The van der Waals surface area contributed by atoms with Gasteiger partial charge in [0, 0.05) is 12.1 Å². The highest BCUT2D eigenvalue weighted by atomic mass is 32.2. The number of benzene rings is 2. The molecular weight excluding hydrogens is 324 g/mol. The lowest BCUT2D eigenvalue weighted by molar-refractivity contribution is 0.0951. The number of rotatable bonds is 6. The van der Waals surface area contributed by atoms with E-state index < -0.39 is 10.0 Å². The molecule has 0 radical (unpaired) electrons. The normalized spacial score (nSPS) is 11.5. The van der Waals surface area contributed by atoms with E-state index in [2.05, 4.69) is 31.3 Å². The van der Waals surface area contributed by atoms with Gasteiger partial charge in [0.15, 0.2) is 0 Å². The van der Waals surface area contributed by atoms with Crippen molar-refractivity contribution >= 4 is 15.9 Å². The molecule has 0 saturated carbocycles. The monoisotopic (exact) mass is 346 g/mol. The number of hydrogen-bond acceptors (Lipinski definition) is 3. The SMILES string of the molecule is CC(C)c1cccc(CNC(=O)c2cccc(CS(N)(=O)=O)c2)c1. The molecule has 6 heteroatoms. The number of nitrogens with two attached hydrogens (primary N) is 1. The molecule has 0 spiro atoms. The van der Waals surface area contributed by atoms with Gasteiger partial charge in [-0.1, -0.05) is 50.2 Å². The molecule has 0 aliphatic rings. The maximum absolute atomic E-state index is 12.3. The summed E-state index contributed by atoms with van der Waals surface area (Å²) in [4.78, 5) is 12.3. The predicted octanol–water partition coefficient (Wildman–Crippen LogP) is 2.53. The van der Waals surface area contributed by atoms with Crippen molar-refractivity contribution in [3.8, 4) is 0 Å². The molecule has 0 heterocycles. The summed E-state index contributed by atoms with van der Waals surface area (Å²) in [5, 5.41) is 7.89. The first-order valence-electron chi connectivity index (χ1n) is 7.71. The lowest BCUT2D eigenvalue weighted by Gasteiger charge is -2.10. The van der Waals surface area contributed by atoms with E-state index in [1.165, 1.54) is 5.56 Å². The molecule has 2 aromatic carbocycles. The van der Waals surface area contributed by atoms with Crippen LogP contribution in [-0.2, 0) is 22.3 Å². The van der Waals surface area contributed by atoms with Crippen molar-refractivity contribution in [3.63, 3.8) is 0 Å². The maximum atomic E-state index is 12.3. The van der Waals surface area contributed by atoms with Crippen molar-refractivity contribution in [1.29, 1.82) is 0 Å². The van der Waals surface area contributed by atoms with E-state index in [9.17, 15) is 13.2 Å². The third-order valence-corrected chi connectivity index (χ3v) is 4.36. The second-order valence-electron chi connectivity index (χ2n) is 6.09. The fourth-order valence-electron chi connectivity index (χ4n) is 2.38. The summed E-state index contributed by atoms with van der Waals surface area (Å²) in [7, 11) is -3.62. The average Bonchev–Trinajstić information content (AvgIpc) is 2.51. The minimum Gasteiger partial charge on any atom is -0.348 e. The Kier molecular flexibility index (Phi) is 5.75. The molecule has 1 amide bonds. The van der Waals surface area contributed by atoms with Crippen molar-refractivity contribution in [2.45, 2.75) is 32.1 Å². The highest BCUT2D eigenvalue weighted by Crippen LogP contribution is 2.15. The highest BCUT2D eigenvalue weighted by molar-refractivity contribution is 7.88. The summed E-state index contributed by atoms with van der Waals surface area (Å²) in [5.41, 5.74) is 3.15. The van der Waals surface area contributed by atoms with Crippen molar-refractivity contribution in [1.82, 2.24) is 5.32 Å². The largest absolute Gasteiger partial charge is 0.348 e. The third kappa shape index (κ3) is 5.47. The van der Waals surface area contributed by atoms with Gasteiger partial charge in [-0.2, -0.15) is 0 Å². The fourth-order valence-corrected chi connectivity index (χ4v) is 3.03. The molecule has 0 aliphatic carbocycles. The van der Waals surface area contributed by atoms with Crippen LogP contribution in [0.1, 0.15) is 46.8 Å². The van der Waals surface area contributed by atoms with E-state index in [1.807, 2.05) is 12.1 Å². The van der Waals surface area contributed by atoms with Gasteiger partial charge in [0.1, 0.15) is 0 Å². The topological polar surface area (TPSA) is 89.3 Å². The lowest BCUT2D eigenvalue weighted by Crippen LogP contribution is -2.23. The Balaban J connectivity index is 2.05. The smallest absolute Gasteiger partial charge is 0.251 e. The summed E-state index contributed by atoms with van der Waals surface area (Å²) in [6.45, 7) is 4.65. The van der Waals surface area contributed by atoms with Gasteiger partial charge < -0.3 is 5.32 Å². The van der Waals surface area contributed by atoms with Crippen molar-refractivity contribution < 1.29 is 13.2 Å².